The summed E-state index contributed by atoms with van der Waals surface area (Å²) in [6, 6.07) is 0.222. The zero-order valence-corrected chi connectivity index (χ0v) is 9.62. The van der Waals surface area contributed by atoms with E-state index in [1.165, 1.54) is 0 Å². The van der Waals surface area contributed by atoms with E-state index >= 15 is 0 Å². The second-order valence-electron chi connectivity index (χ2n) is 3.61. The Kier molecular flexibility index (Phi) is 9.29. The smallest absolute Gasteiger partial charge is 0.0585 e. The molecule has 0 aromatic rings. The number of hydrogen-bond acceptors (Lipinski definition) is 4. The van der Waals surface area contributed by atoms with Crippen molar-refractivity contribution in [2.24, 2.45) is 0 Å². The molecule has 0 aliphatic heterocycles. The molecule has 0 bridgehead atoms. The highest BCUT2D eigenvalue weighted by molar-refractivity contribution is 4.64. The Labute approximate surface area is 87.2 Å². The number of ether oxygens (including phenoxy) is 1. The van der Waals surface area contributed by atoms with Crippen LogP contribution in [0.2, 0.25) is 0 Å². The minimum absolute atomic E-state index is 0.211. The van der Waals surface area contributed by atoms with Crippen molar-refractivity contribution < 1.29 is 9.84 Å². The van der Waals surface area contributed by atoms with Gasteiger partial charge < -0.3 is 20.1 Å². The molecular formula is C10H24N2O2. The van der Waals surface area contributed by atoms with E-state index in [1.807, 2.05) is 7.05 Å². The van der Waals surface area contributed by atoms with E-state index in [4.69, 9.17) is 9.84 Å². The fraction of sp³-hybridized carbons (Fsp3) is 1.00. The molecule has 0 amide bonds. The monoisotopic (exact) mass is 204 g/mol. The van der Waals surface area contributed by atoms with Crippen LogP contribution in [0, 0.1) is 0 Å². The number of rotatable bonds is 9. The normalized spacial score (nSPS) is 13.5. The van der Waals surface area contributed by atoms with Gasteiger partial charge in [0.2, 0.25) is 0 Å². The maximum atomic E-state index is 8.95. The minimum Gasteiger partial charge on any atom is -0.395 e. The summed E-state index contributed by atoms with van der Waals surface area (Å²) in [6.45, 7) is 3.09. The Morgan fingerprint density at radius 2 is 2.14 bits per heavy atom. The van der Waals surface area contributed by atoms with Crippen LogP contribution in [0.4, 0.5) is 0 Å². The summed E-state index contributed by atoms with van der Waals surface area (Å²) < 4.78 is 4.98. The van der Waals surface area contributed by atoms with Crippen molar-refractivity contribution in [1.82, 2.24) is 10.2 Å². The van der Waals surface area contributed by atoms with Crippen molar-refractivity contribution in [3.8, 4) is 0 Å². The maximum Gasteiger partial charge on any atom is 0.0585 e. The summed E-state index contributed by atoms with van der Waals surface area (Å²) in [4.78, 5) is 2.26. The maximum absolute atomic E-state index is 8.95. The van der Waals surface area contributed by atoms with Crippen LogP contribution in [0.3, 0.4) is 0 Å². The molecule has 0 rings (SSSR count). The highest BCUT2D eigenvalue weighted by Crippen LogP contribution is 1.95. The molecular weight excluding hydrogens is 180 g/mol. The summed E-state index contributed by atoms with van der Waals surface area (Å²) in [5.74, 6) is 0. The average Bonchev–Trinajstić information content (AvgIpc) is 2.20. The summed E-state index contributed by atoms with van der Waals surface area (Å²) in [6.07, 6.45) is 2.05. The van der Waals surface area contributed by atoms with Gasteiger partial charge in [-0.3, -0.25) is 0 Å². The van der Waals surface area contributed by atoms with Gasteiger partial charge in [-0.15, -0.1) is 0 Å². The molecule has 0 aliphatic carbocycles. The highest BCUT2D eigenvalue weighted by Gasteiger charge is 2.05. The number of aliphatic hydroxyl groups is 1. The van der Waals surface area contributed by atoms with Crippen LogP contribution in [0.25, 0.3) is 0 Å². The molecule has 0 saturated carbocycles. The number of hydrogen-bond donors (Lipinski definition) is 2. The van der Waals surface area contributed by atoms with Gasteiger partial charge in [-0.05, 0) is 33.5 Å². The first-order valence-corrected chi connectivity index (χ1v) is 5.20. The molecule has 0 saturated heterocycles. The van der Waals surface area contributed by atoms with Crippen LogP contribution in [0.15, 0.2) is 0 Å². The predicted molar refractivity (Wildman–Crippen MR) is 58.5 cm³/mol. The third kappa shape index (κ3) is 7.26. The fourth-order valence-corrected chi connectivity index (χ4v) is 1.29. The van der Waals surface area contributed by atoms with Crippen LogP contribution in [-0.2, 0) is 4.74 Å². The number of likely N-dealkylation sites (N-methyl/N-ethyl adjacent to an activating group) is 1. The Bertz CT molecular complexity index is 119. The largest absolute Gasteiger partial charge is 0.395 e. The lowest BCUT2D eigenvalue weighted by Gasteiger charge is -2.19. The molecule has 2 N–H and O–H groups in total. The van der Waals surface area contributed by atoms with E-state index in [2.05, 4.69) is 17.3 Å². The van der Waals surface area contributed by atoms with Gasteiger partial charge in [0.05, 0.1) is 6.61 Å². The third-order valence-electron chi connectivity index (χ3n) is 2.38. The van der Waals surface area contributed by atoms with Crippen molar-refractivity contribution in [2.75, 3.05) is 47.5 Å². The SMILES string of the molecule is CNC(CO)CCN(C)CCCOC. The topological polar surface area (TPSA) is 44.7 Å². The van der Waals surface area contributed by atoms with E-state index in [1.54, 1.807) is 7.11 Å². The lowest BCUT2D eigenvalue weighted by Crippen LogP contribution is -2.33. The first-order valence-electron chi connectivity index (χ1n) is 5.20. The summed E-state index contributed by atoms with van der Waals surface area (Å²) in [7, 11) is 5.70. The molecule has 14 heavy (non-hydrogen) atoms. The van der Waals surface area contributed by atoms with Gasteiger partial charge in [0.1, 0.15) is 0 Å². The second kappa shape index (κ2) is 9.40. The zero-order chi connectivity index (χ0) is 10.8. The zero-order valence-electron chi connectivity index (χ0n) is 9.62. The van der Waals surface area contributed by atoms with Crippen molar-refractivity contribution in [2.45, 2.75) is 18.9 Å². The molecule has 0 aliphatic rings. The van der Waals surface area contributed by atoms with Crippen LogP contribution in [0.1, 0.15) is 12.8 Å². The molecule has 0 heterocycles. The Morgan fingerprint density at radius 1 is 1.43 bits per heavy atom. The molecule has 86 valence electrons. The Hall–Kier alpha value is -0.160. The van der Waals surface area contributed by atoms with Crippen LogP contribution in [-0.4, -0.2) is 63.6 Å². The molecule has 0 radical (unpaired) electrons. The van der Waals surface area contributed by atoms with Crippen LogP contribution < -0.4 is 5.32 Å². The summed E-state index contributed by atoms with van der Waals surface area (Å²) >= 11 is 0. The molecule has 1 atom stereocenters. The number of aliphatic hydroxyl groups excluding tert-OH is 1. The lowest BCUT2D eigenvalue weighted by molar-refractivity contribution is 0.175. The van der Waals surface area contributed by atoms with Gasteiger partial charge in [0.15, 0.2) is 0 Å². The Balaban J connectivity index is 3.37. The van der Waals surface area contributed by atoms with Gasteiger partial charge >= 0.3 is 0 Å². The first kappa shape index (κ1) is 13.8. The van der Waals surface area contributed by atoms with E-state index in [-0.39, 0.29) is 12.6 Å². The standard InChI is InChI=1S/C10H24N2O2/c1-11-10(9-13)5-7-12(2)6-4-8-14-3/h10-11,13H,4-9H2,1-3H3. The second-order valence-corrected chi connectivity index (χ2v) is 3.61. The molecule has 0 aromatic carbocycles. The van der Waals surface area contributed by atoms with E-state index in [0.29, 0.717) is 0 Å². The van der Waals surface area contributed by atoms with E-state index in [0.717, 1.165) is 32.5 Å². The minimum atomic E-state index is 0.211. The molecule has 0 fully saturated rings. The van der Waals surface area contributed by atoms with Crippen LogP contribution in [0.5, 0.6) is 0 Å². The number of methoxy groups -OCH3 is 1. The lowest BCUT2D eigenvalue weighted by atomic mass is 10.2. The number of nitrogens with one attached hydrogen (secondary N) is 1. The molecule has 1 unspecified atom stereocenters. The van der Waals surface area contributed by atoms with E-state index < -0.39 is 0 Å². The molecule has 4 nitrogen and oxygen atoms in total. The van der Waals surface area contributed by atoms with Gasteiger partial charge in [-0.25, -0.2) is 0 Å². The molecule has 0 spiro atoms. The van der Waals surface area contributed by atoms with Gasteiger partial charge in [-0.1, -0.05) is 0 Å². The molecule has 0 aromatic heterocycles. The summed E-state index contributed by atoms with van der Waals surface area (Å²) in [5.41, 5.74) is 0. The van der Waals surface area contributed by atoms with Crippen molar-refractivity contribution in [3.05, 3.63) is 0 Å². The quantitative estimate of drug-likeness (QED) is 0.516. The van der Waals surface area contributed by atoms with Crippen LogP contribution >= 0.6 is 0 Å². The molecule has 4 heteroatoms. The highest BCUT2D eigenvalue weighted by atomic mass is 16.5. The van der Waals surface area contributed by atoms with Gasteiger partial charge in [-0.2, -0.15) is 0 Å². The average molecular weight is 204 g/mol. The summed E-state index contributed by atoms with van der Waals surface area (Å²) in [5, 5.41) is 12.0. The predicted octanol–water partition coefficient (Wildman–Crippen LogP) is -0.0749. The van der Waals surface area contributed by atoms with Crippen molar-refractivity contribution in [3.63, 3.8) is 0 Å². The third-order valence-corrected chi connectivity index (χ3v) is 2.38. The Morgan fingerprint density at radius 3 is 2.64 bits per heavy atom. The van der Waals surface area contributed by atoms with Gasteiger partial charge in [0.25, 0.3) is 0 Å². The first-order chi connectivity index (χ1) is 6.74. The number of nitrogens with zero attached hydrogens (tertiary/aromatic N) is 1. The van der Waals surface area contributed by atoms with E-state index in [9.17, 15) is 0 Å². The van der Waals surface area contributed by atoms with Crippen molar-refractivity contribution >= 4 is 0 Å². The van der Waals surface area contributed by atoms with Crippen molar-refractivity contribution in [1.29, 1.82) is 0 Å². The fourth-order valence-electron chi connectivity index (χ4n) is 1.29. The van der Waals surface area contributed by atoms with Gasteiger partial charge in [0, 0.05) is 26.3 Å².